The number of aromatic nitrogens is 4. The molecule has 57 heavy (non-hydrogen) atoms. The third-order valence-corrected chi connectivity index (χ3v) is 12.4. The molecule has 4 aromatic heterocycles. The van der Waals surface area contributed by atoms with E-state index in [1.165, 1.54) is 69.5 Å². The maximum absolute atomic E-state index is 5.16. The summed E-state index contributed by atoms with van der Waals surface area (Å²) in [6.45, 7) is 0. The van der Waals surface area contributed by atoms with Gasteiger partial charge in [-0.2, -0.15) is 0 Å². The molecule has 0 radical (unpaired) electrons. The molecule has 0 amide bonds. The third-order valence-electron chi connectivity index (χ3n) is 11.3. The smallest absolute Gasteiger partial charge is 0.160 e. The Kier molecular flexibility index (Phi) is 7.06. The van der Waals surface area contributed by atoms with Gasteiger partial charge in [0, 0.05) is 69.8 Å². The van der Waals surface area contributed by atoms with E-state index in [2.05, 4.69) is 179 Å². The first-order valence-electron chi connectivity index (χ1n) is 19.2. The van der Waals surface area contributed by atoms with Gasteiger partial charge in [-0.3, -0.25) is 0 Å². The van der Waals surface area contributed by atoms with Crippen LogP contribution in [0.4, 0.5) is 0 Å². The van der Waals surface area contributed by atoms with Gasteiger partial charge in [0.2, 0.25) is 0 Å². The highest BCUT2D eigenvalue weighted by Crippen LogP contribution is 2.44. The van der Waals surface area contributed by atoms with Gasteiger partial charge >= 0.3 is 0 Å². The summed E-state index contributed by atoms with van der Waals surface area (Å²) in [6, 6.07) is 69.4. The summed E-state index contributed by atoms with van der Waals surface area (Å²) >= 11 is 1.88. The van der Waals surface area contributed by atoms with Crippen molar-refractivity contribution in [2.45, 2.75) is 0 Å². The number of hydrogen-bond acceptors (Lipinski definition) is 3. The molecular weight excluding hydrogens is 713 g/mol. The summed E-state index contributed by atoms with van der Waals surface area (Å²) < 4.78 is 7.41. The number of fused-ring (bicyclic) bond motifs is 9. The molecule has 266 valence electrons. The standard InChI is InChI=1S/C52H32N4S/c1-4-15-33(16-5-1)44-31-45(54-52(53-44)34-17-6-2-7-18-34)35-19-14-22-37(27-35)56-47-26-13-11-24-39(47)41-30-50-43(29-48(41)56)42-28-40-38-23-10-12-25-46(38)55(36-20-8-3-9-21-36)49(40)32-51(42)57-50/h1-32H. The van der Waals surface area contributed by atoms with Crippen molar-refractivity contribution in [3.8, 4) is 45.3 Å². The molecule has 0 bridgehead atoms. The van der Waals surface area contributed by atoms with Gasteiger partial charge in [0.1, 0.15) is 0 Å². The lowest BCUT2D eigenvalue weighted by Crippen LogP contribution is -1.97. The largest absolute Gasteiger partial charge is 0.309 e. The molecule has 0 aliphatic heterocycles. The molecule has 0 atom stereocenters. The van der Waals surface area contributed by atoms with Crippen LogP contribution < -0.4 is 0 Å². The molecule has 5 heteroatoms. The Hall–Kier alpha value is -7.34. The summed E-state index contributed by atoms with van der Waals surface area (Å²) in [5, 5.41) is 7.58. The van der Waals surface area contributed by atoms with Crippen LogP contribution in [0.1, 0.15) is 0 Å². The van der Waals surface area contributed by atoms with Crippen LogP contribution in [0.15, 0.2) is 194 Å². The van der Waals surface area contributed by atoms with Crippen molar-refractivity contribution in [1.82, 2.24) is 19.1 Å². The number of rotatable bonds is 5. The van der Waals surface area contributed by atoms with Crippen molar-refractivity contribution < 1.29 is 0 Å². The monoisotopic (exact) mass is 744 g/mol. The predicted molar refractivity (Wildman–Crippen MR) is 240 cm³/mol. The lowest BCUT2D eigenvalue weighted by Gasteiger charge is -2.12. The van der Waals surface area contributed by atoms with Gasteiger partial charge in [-0.15, -0.1) is 11.3 Å². The number of benzene rings is 8. The van der Waals surface area contributed by atoms with E-state index in [9.17, 15) is 0 Å². The minimum Gasteiger partial charge on any atom is -0.309 e. The Morgan fingerprint density at radius 3 is 1.54 bits per heavy atom. The molecule has 0 unspecified atom stereocenters. The maximum Gasteiger partial charge on any atom is 0.160 e. The van der Waals surface area contributed by atoms with Crippen LogP contribution in [-0.2, 0) is 0 Å². The van der Waals surface area contributed by atoms with E-state index in [-0.39, 0.29) is 0 Å². The van der Waals surface area contributed by atoms with E-state index >= 15 is 0 Å². The summed E-state index contributed by atoms with van der Waals surface area (Å²) in [6.07, 6.45) is 0. The van der Waals surface area contributed by atoms with Crippen molar-refractivity contribution >= 4 is 75.1 Å². The average Bonchev–Trinajstić information content (AvgIpc) is 3.92. The quantitative estimate of drug-likeness (QED) is 0.176. The number of hydrogen-bond donors (Lipinski definition) is 0. The Morgan fingerprint density at radius 1 is 0.316 bits per heavy atom. The van der Waals surface area contributed by atoms with Gasteiger partial charge in [-0.25, -0.2) is 9.97 Å². The number of para-hydroxylation sites is 3. The van der Waals surface area contributed by atoms with Crippen molar-refractivity contribution in [2.24, 2.45) is 0 Å². The molecule has 8 aromatic carbocycles. The van der Waals surface area contributed by atoms with Gasteiger partial charge in [0.15, 0.2) is 5.82 Å². The topological polar surface area (TPSA) is 35.6 Å². The first kappa shape index (κ1) is 32.0. The molecule has 12 rings (SSSR count). The number of thiophene rings is 1. The van der Waals surface area contributed by atoms with Gasteiger partial charge in [-0.05, 0) is 66.7 Å². The average molecular weight is 745 g/mol. The van der Waals surface area contributed by atoms with Crippen LogP contribution in [0.3, 0.4) is 0 Å². The molecule has 0 fully saturated rings. The Labute approximate surface area is 332 Å². The van der Waals surface area contributed by atoms with E-state index in [1.54, 1.807) is 0 Å². The third kappa shape index (κ3) is 5.06. The lowest BCUT2D eigenvalue weighted by atomic mass is 10.1. The molecule has 4 heterocycles. The zero-order valence-electron chi connectivity index (χ0n) is 30.7. The molecule has 0 aliphatic rings. The highest BCUT2D eigenvalue weighted by Gasteiger charge is 2.19. The second kappa shape index (κ2) is 12.6. The molecule has 0 saturated carbocycles. The highest BCUT2D eigenvalue weighted by atomic mass is 32.1. The second-order valence-electron chi connectivity index (χ2n) is 14.6. The van der Waals surface area contributed by atoms with Crippen molar-refractivity contribution in [3.05, 3.63) is 194 Å². The van der Waals surface area contributed by atoms with Crippen LogP contribution in [-0.4, -0.2) is 19.1 Å². The Morgan fingerprint density at radius 2 is 0.825 bits per heavy atom. The zero-order chi connectivity index (χ0) is 37.5. The summed E-state index contributed by atoms with van der Waals surface area (Å²) in [5.41, 5.74) is 11.9. The van der Waals surface area contributed by atoms with Gasteiger partial charge < -0.3 is 9.13 Å². The molecule has 0 spiro atoms. The van der Waals surface area contributed by atoms with Crippen LogP contribution >= 0.6 is 11.3 Å². The van der Waals surface area contributed by atoms with Gasteiger partial charge in [0.25, 0.3) is 0 Å². The summed E-state index contributed by atoms with van der Waals surface area (Å²) in [5.74, 6) is 0.710. The van der Waals surface area contributed by atoms with Crippen molar-refractivity contribution in [1.29, 1.82) is 0 Å². The lowest BCUT2D eigenvalue weighted by molar-refractivity contribution is 1.16. The van der Waals surface area contributed by atoms with Crippen molar-refractivity contribution in [3.63, 3.8) is 0 Å². The van der Waals surface area contributed by atoms with Crippen molar-refractivity contribution in [2.75, 3.05) is 0 Å². The summed E-state index contributed by atoms with van der Waals surface area (Å²) in [4.78, 5) is 10.2. The fourth-order valence-electron chi connectivity index (χ4n) is 8.71. The minimum atomic E-state index is 0.710. The highest BCUT2D eigenvalue weighted by molar-refractivity contribution is 7.26. The predicted octanol–water partition coefficient (Wildman–Crippen LogP) is 14.0. The zero-order valence-corrected chi connectivity index (χ0v) is 31.5. The fraction of sp³-hybridized carbons (Fsp3) is 0. The Bertz CT molecular complexity index is 3450. The first-order valence-corrected chi connectivity index (χ1v) is 20.1. The normalized spacial score (nSPS) is 11.9. The summed E-state index contributed by atoms with van der Waals surface area (Å²) in [7, 11) is 0. The molecule has 0 saturated heterocycles. The van der Waals surface area contributed by atoms with E-state index in [4.69, 9.17) is 9.97 Å². The maximum atomic E-state index is 5.16. The molecular formula is C52H32N4S. The fourth-order valence-corrected chi connectivity index (χ4v) is 9.85. The molecule has 12 aromatic rings. The van der Waals surface area contributed by atoms with Crippen LogP contribution in [0.2, 0.25) is 0 Å². The van der Waals surface area contributed by atoms with Gasteiger partial charge in [0.05, 0.1) is 33.5 Å². The van der Waals surface area contributed by atoms with E-state index < -0.39 is 0 Å². The molecule has 4 nitrogen and oxygen atoms in total. The minimum absolute atomic E-state index is 0.710. The number of nitrogens with zero attached hydrogens (tertiary/aromatic N) is 4. The SMILES string of the molecule is c1ccc(-c2cc(-c3cccc(-n4c5ccccc5c5cc6sc7cc8c(cc7c6cc54)c4ccccc4n8-c4ccccc4)c3)nc(-c3ccccc3)n2)cc1. The molecule has 0 N–H and O–H groups in total. The van der Waals surface area contributed by atoms with E-state index in [0.29, 0.717) is 5.82 Å². The van der Waals surface area contributed by atoms with Crippen LogP contribution in [0, 0.1) is 0 Å². The van der Waals surface area contributed by atoms with Gasteiger partial charge in [-0.1, -0.05) is 127 Å². The second-order valence-corrected chi connectivity index (χ2v) is 15.7. The van der Waals surface area contributed by atoms with E-state index in [0.717, 1.165) is 33.8 Å². The molecule has 0 aliphatic carbocycles. The Balaban J connectivity index is 1.07. The first-order chi connectivity index (χ1) is 28.2. The van der Waals surface area contributed by atoms with Crippen LogP contribution in [0.5, 0.6) is 0 Å². The van der Waals surface area contributed by atoms with E-state index in [1.807, 2.05) is 35.6 Å². The van der Waals surface area contributed by atoms with Crippen LogP contribution in [0.25, 0.3) is 109 Å².